The van der Waals surface area contributed by atoms with Gasteiger partial charge in [-0.3, -0.25) is 4.79 Å². The standard InChI is InChI=1S/C19H18BrClN4O/c1-12-19(13(2)25(24-12)15-6-4-3-5-7-15)23-18(26)11-22-17-9-8-14(20)10-16(17)21/h3-10,22H,11H2,1-2H3,(H,23,26). The quantitative estimate of drug-likeness (QED) is 0.598. The number of nitrogens with one attached hydrogen (secondary N) is 2. The highest BCUT2D eigenvalue weighted by atomic mass is 79.9. The van der Waals surface area contributed by atoms with Crippen LogP contribution in [-0.4, -0.2) is 22.2 Å². The van der Waals surface area contributed by atoms with Crippen LogP contribution in [0.1, 0.15) is 11.4 Å². The van der Waals surface area contributed by atoms with E-state index >= 15 is 0 Å². The Morgan fingerprint density at radius 2 is 1.92 bits per heavy atom. The minimum atomic E-state index is -0.164. The van der Waals surface area contributed by atoms with Gasteiger partial charge in [0.05, 0.1) is 40.0 Å². The zero-order valence-corrected chi connectivity index (χ0v) is 16.7. The predicted octanol–water partition coefficient (Wildman–Crippen LogP) is 4.96. The van der Waals surface area contributed by atoms with Crippen molar-refractivity contribution in [3.63, 3.8) is 0 Å². The highest BCUT2D eigenvalue weighted by molar-refractivity contribution is 9.10. The first-order valence-corrected chi connectivity index (χ1v) is 9.23. The summed E-state index contributed by atoms with van der Waals surface area (Å²) in [5.74, 6) is -0.164. The van der Waals surface area contributed by atoms with Gasteiger partial charge in [0.1, 0.15) is 0 Å². The fourth-order valence-electron chi connectivity index (χ4n) is 2.64. The third kappa shape index (κ3) is 4.08. The Balaban J connectivity index is 1.71. The van der Waals surface area contributed by atoms with Crippen molar-refractivity contribution in [2.45, 2.75) is 13.8 Å². The fraction of sp³-hybridized carbons (Fsp3) is 0.158. The Labute approximate surface area is 165 Å². The number of rotatable bonds is 5. The summed E-state index contributed by atoms with van der Waals surface area (Å²) in [7, 11) is 0. The molecule has 0 spiro atoms. The van der Waals surface area contributed by atoms with E-state index < -0.39 is 0 Å². The number of nitrogens with zero attached hydrogens (tertiary/aromatic N) is 2. The number of carbonyl (C=O) groups is 1. The molecule has 2 aromatic carbocycles. The van der Waals surface area contributed by atoms with Gasteiger partial charge in [0, 0.05) is 4.47 Å². The van der Waals surface area contributed by atoms with Crippen molar-refractivity contribution in [1.29, 1.82) is 0 Å². The third-order valence-corrected chi connectivity index (χ3v) is 4.73. The van der Waals surface area contributed by atoms with Crippen LogP contribution in [0.15, 0.2) is 53.0 Å². The maximum atomic E-state index is 12.4. The van der Waals surface area contributed by atoms with Gasteiger partial charge in [-0.1, -0.05) is 45.7 Å². The lowest BCUT2D eigenvalue weighted by molar-refractivity contribution is -0.114. The molecule has 0 aliphatic carbocycles. The van der Waals surface area contributed by atoms with Crippen LogP contribution in [0.5, 0.6) is 0 Å². The summed E-state index contributed by atoms with van der Waals surface area (Å²) in [5, 5.41) is 11.1. The Morgan fingerprint density at radius 3 is 2.62 bits per heavy atom. The molecule has 3 aromatic rings. The number of aromatic nitrogens is 2. The Hall–Kier alpha value is -2.31. The minimum absolute atomic E-state index is 0.108. The van der Waals surface area contributed by atoms with Crippen LogP contribution >= 0.6 is 27.5 Å². The number of halogens is 2. The second-order valence-corrected chi connectivity index (χ2v) is 7.14. The molecule has 0 bridgehead atoms. The van der Waals surface area contributed by atoms with Gasteiger partial charge in [-0.15, -0.1) is 0 Å². The second-order valence-electron chi connectivity index (χ2n) is 5.82. The first-order chi connectivity index (χ1) is 12.5. The Bertz CT molecular complexity index is 940. The van der Waals surface area contributed by atoms with Crippen molar-refractivity contribution in [1.82, 2.24) is 9.78 Å². The predicted molar refractivity (Wildman–Crippen MR) is 109 cm³/mol. The van der Waals surface area contributed by atoms with Crippen molar-refractivity contribution in [3.8, 4) is 5.69 Å². The number of aryl methyl sites for hydroxylation is 1. The average molecular weight is 434 g/mol. The highest BCUT2D eigenvalue weighted by Crippen LogP contribution is 2.26. The molecular weight excluding hydrogens is 416 g/mol. The summed E-state index contributed by atoms with van der Waals surface area (Å²) in [5.41, 5.74) is 4.03. The van der Waals surface area contributed by atoms with Crippen LogP contribution in [0.2, 0.25) is 5.02 Å². The summed E-state index contributed by atoms with van der Waals surface area (Å²) in [6.45, 7) is 3.92. The van der Waals surface area contributed by atoms with Gasteiger partial charge in [-0.25, -0.2) is 4.68 Å². The van der Waals surface area contributed by atoms with E-state index in [0.717, 1.165) is 27.2 Å². The summed E-state index contributed by atoms with van der Waals surface area (Å²) in [6.07, 6.45) is 0. The maximum absolute atomic E-state index is 12.4. The number of carbonyl (C=O) groups excluding carboxylic acids is 1. The molecule has 1 aromatic heterocycles. The minimum Gasteiger partial charge on any atom is -0.375 e. The molecule has 3 rings (SSSR count). The van der Waals surface area contributed by atoms with Crippen LogP contribution in [0, 0.1) is 13.8 Å². The summed E-state index contributed by atoms with van der Waals surface area (Å²) in [6, 6.07) is 15.3. The van der Waals surface area contributed by atoms with Crippen LogP contribution < -0.4 is 10.6 Å². The summed E-state index contributed by atoms with van der Waals surface area (Å²) in [4.78, 5) is 12.4. The van der Waals surface area contributed by atoms with Gasteiger partial charge in [0.2, 0.25) is 5.91 Å². The Kier molecular flexibility index (Phi) is 5.64. The number of para-hydroxylation sites is 1. The normalized spacial score (nSPS) is 10.6. The fourth-order valence-corrected chi connectivity index (χ4v) is 3.38. The van der Waals surface area contributed by atoms with Crippen molar-refractivity contribution in [2.24, 2.45) is 0 Å². The van der Waals surface area contributed by atoms with Gasteiger partial charge in [-0.2, -0.15) is 5.10 Å². The van der Waals surface area contributed by atoms with Crippen LogP contribution in [0.25, 0.3) is 5.69 Å². The van der Waals surface area contributed by atoms with Crippen molar-refractivity contribution >= 4 is 44.8 Å². The monoisotopic (exact) mass is 432 g/mol. The molecule has 134 valence electrons. The van der Waals surface area contributed by atoms with Gasteiger partial charge < -0.3 is 10.6 Å². The number of benzene rings is 2. The molecule has 2 N–H and O–H groups in total. The molecule has 0 fully saturated rings. The lowest BCUT2D eigenvalue weighted by Crippen LogP contribution is -2.22. The van der Waals surface area contributed by atoms with E-state index in [1.807, 2.05) is 61.0 Å². The molecule has 0 saturated heterocycles. The molecular formula is C19H18BrClN4O. The van der Waals surface area contributed by atoms with E-state index in [2.05, 4.69) is 31.7 Å². The molecule has 7 heteroatoms. The van der Waals surface area contributed by atoms with Gasteiger partial charge in [0.25, 0.3) is 0 Å². The average Bonchev–Trinajstić information content (AvgIpc) is 2.90. The van der Waals surface area contributed by atoms with E-state index in [-0.39, 0.29) is 12.5 Å². The van der Waals surface area contributed by atoms with Crippen molar-refractivity contribution in [2.75, 3.05) is 17.2 Å². The number of hydrogen-bond acceptors (Lipinski definition) is 3. The second kappa shape index (κ2) is 7.93. The molecule has 0 aliphatic rings. The van der Waals surface area contributed by atoms with E-state index in [4.69, 9.17) is 11.6 Å². The summed E-state index contributed by atoms with van der Waals surface area (Å²) < 4.78 is 2.71. The molecule has 1 amide bonds. The number of anilines is 2. The van der Waals surface area contributed by atoms with Gasteiger partial charge in [-0.05, 0) is 44.2 Å². The van der Waals surface area contributed by atoms with Crippen molar-refractivity contribution < 1.29 is 4.79 Å². The van der Waals surface area contributed by atoms with E-state index in [1.165, 1.54) is 0 Å². The molecule has 5 nitrogen and oxygen atoms in total. The lowest BCUT2D eigenvalue weighted by atomic mass is 10.3. The molecule has 0 radical (unpaired) electrons. The molecule has 26 heavy (non-hydrogen) atoms. The van der Waals surface area contributed by atoms with E-state index in [1.54, 1.807) is 6.07 Å². The van der Waals surface area contributed by atoms with Crippen LogP contribution in [-0.2, 0) is 4.79 Å². The van der Waals surface area contributed by atoms with Crippen molar-refractivity contribution in [3.05, 3.63) is 69.4 Å². The zero-order valence-electron chi connectivity index (χ0n) is 14.4. The van der Waals surface area contributed by atoms with Crippen LogP contribution in [0.4, 0.5) is 11.4 Å². The summed E-state index contributed by atoms with van der Waals surface area (Å²) >= 11 is 9.51. The maximum Gasteiger partial charge on any atom is 0.243 e. The van der Waals surface area contributed by atoms with E-state index in [9.17, 15) is 4.79 Å². The highest BCUT2D eigenvalue weighted by Gasteiger charge is 2.15. The SMILES string of the molecule is Cc1nn(-c2ccccc2)c(C)c1NC(=O)CNc1ccc(Br)cc1Cl. The van der Waals surface area contributed by atoms with Gasteiger partial charge in [0.15, 0.2) is 0 Å². The third-order valence-electron chi connectivity index (χ3n) is 3.93. The molecule has 0 unspecified atom stereocenters. The lowest BCUT2D eigenvalue weighted by Gasteiger charge is -2.10. The smallest absolute Gasteiger partial charge is 0.243 e. The molecule has 1 heterocycles. The van der Waals surface area contributed by atoms with Crippen LogP contribution in [0.3, 0.4) is 0 Å². The molecule has 0 aliphatic heterocycles. The first kappa shape index (κ1) is 18.5. The number of hydrogen-bond donors (Lipinski definition) is 2. The first-order valence-electron chi connectivity index (χ1n) is 8.06. The Morgan fingerprint density at radius 1 is 1.19 bits per heavy atom. The molecule has 0 saturated carbocycles. The van der Waals surface area contributed by atoms with E-state index in [0.29, 0.717) is 10.7 Å². The molecule has 0 atom stereocenters. The topological polar surface area (TPSA) is 59.0 Å². The zero-order chi connectivity index (χ0) is 18.7. The largest absolute Gasteiger partial charge is 0.375 e. The number of amides is 1. The van der Waals surface area contributed by atoms with Gasteiger partial charge >= 0.3 is 0 Å².